The highest BCUT2D eigenvalue weighted by atomic mass is 16.5. The molecule has 3 nitrogen and oxygen atoms in total. The Labute approximate surface area is 110 Å². The van der Waals surface area contributed by atoms with Crippen LogP contribution in [0.25, 0.3) is 0 Å². The normalized spacial score (nSPS) is 16.8. The predicted octanol–water partition coefficient (Wildman–Crippen LogP) is 2.83. The van der Waals surface area contributed by atoms with Crippen molar-refractivity contribution >= 4 is 5.69 Å². The van der Waals surface area contributed by atoms with E-state index in [0.717, 1.165) is 32.1 Å². The SMILES string of the molecule is COc1cc(N2CCOCC2)ccc1C(C)(C)C. The van der Waals surface area contributed by atoms with Gasteiger partial charge in [0.1, 0.15) is 5.75 Å². The van der Waals surface area contributed by atoms with Gasteiger partial charge in [-0.1, -0.05) is 26.8 Å². The van der Waals surface area contributed by atoms with Crippen LogP contribution in [0.4, 0.5) is 5.69 Å². The van der Waals surface area contributed by atoms with E-state index in [0.29, 0.717) is 0 Å². The summed E-state index contributed by atoms with van der Waals surface area (Å²) in [6, 6.07) is 6.52. The van der Waals surface area contributed by atoms with Gasteiger partial charge >= 0.3 is 0 Å². The van der Waals surface area contributed by atoms with Crippen molar-refractivity contribution in [2.75, 3.05) is 38.3 Å². The molecule has 1 aliphatic rings. The Morgan fingerprint density at radius 1 is 1.17 bits per heavy atom. The third kappa shape index (κ3) is 2.78. The number of anilines is 1. The first-order valence-corrected chi connectivity index (χ1v) is 6.53. The largest absolute Gasteiger partial charge is 0.496 e. The lowest BCUT2D eigenvalue weighted by atomic mass is 9.86. The van der Waals surface area contributed by atoms with E-state index in [9.17, 15) is 0 Å². The molecule has 0 spiro atoms. The zero-order valence-electron chi connectivity index (χ0n) is 11.8. The van der Waals surface area contributed by atoms with Crippen molar-refractivity contribution in [3.05, 3.63) is 23.8 Å². The van der Waals surface area contributed by atoms with Crippen LogP contribution < -0.4 is 9.64 Å². The molecule has 2 rings (SSSR count). The second-order valence-corrected chi connectivity index (χ2v) is 5.73. The van der Waals surface area contributed by atoms with Gasteiger partial charge in [-0.25, -0.2) is 0 Å². The molecule has 1 saturated heterocycles. The fraction of sp³-hybridized carbons (Fsp3) is 0.600. The van der Waals surface area contributed by atoms with Crippen molar-refractivity contribution in [1.29, 1.82) is 0 Å². The summed E-state index contributed by atoms with van der Waals surface area (Å²) in [5.41, 5.74) is 2.58. The van der Waals surface area contributed by atoms with Gasteiger partial charge < -0.3 is 14.4 Å². The molecule has 1 aromatic carbocycles. The molecule has 1 aromatic rings. The zero-order valence-corrected chi connectivity index (χ0v) is 11.8. The smallest absolute Gasteiger partial charge is 0.124 e. The van der Waals surface area contributed by atoms with Gasteiger partial charge in [0.25, 0.3) is 0 Å². The Bertz CT molecular complexity index is 403. The van der Waals surface area contributed by atoms with Gasteiger partial charge in [-0.2, -0.15) is 0 Å². The first kappa shape index (κ1) is 13.2. The monoisotopic (exact) mass is 249 g/mol. The Morgan fingerprint density at radius 3 is 2.39 bits per heavy atom. The zero-order chi connectivity index (χ0) is 13.2. The van der Waals surface area contributed by atoms with Crippen molar-refractivity contribution in [3.63, 3.8) is 0 Å². The minimum Gasteiger partial charge on any atom is -0.496 e. The number of hydrogen-bond acceptors (Lipinski definition) is 3. The van der Waals surface area contributed by atoms with Gasteiger partial charge in [-0.05, 0) is 17.0 Å². The van der Waals surface area contributed by atoms with Crippen molar-refractivity contribution in [2.45, 2.75) is 26.2 Å². The second-order valence-electron chi connectivity index (χ2n) is 5.73. The summed E-state index contributed by atoms with van der Waals surface area (Å²) in [6.45, 7) is 10.2. The molecule has 0 aliphatic carbocycles. The molecule has 1 fully saturated rings. The number of hydrogen-bond donors (Lipinski definition) is 0. The van der Waals surface area contributed by atoms with Crippen LogP contribution in [0.3, 0.4) is 0 Å². The highest BCUT2D eigenvalue weighted by molar-refractivity contribution is 5.55. The molecule has 18 heavy (non-hydrogen) atoms. The number of nitrogens with zero attached hydrogens (tertiary/aromatic N) is 1. The van der Waals surface area contributed by atoms with Crippen LogP contribution in [0.15, 0.2) is 18.2 Å². The summed E-state index contributed by atoms with van der Waals surface area (Å²) in [7, 11) is 1.74. The fourth-order valence-corrected chi connectivity index (χ4v) is 2.32. The van der Waals surface area contributed by atoms with E-state index >= 15 is 0 Å². The van der Waals surface area contributed by atoms with Gasteiger partial charge in [0.2, 0.25) is 0 Å². The minimum absolute atomic E-state index is 0.106. The van der Waals surface area contributed by atoms with Crippen LogP contribution in [0, 0.1) is 0 Å². The number of methoxy groups -OCH3 is 1. The molecule has 1 aliphatic heterocycles. The summed E-state index contributed by atoms with van der Waals surface area (Å²) in [6.07, 6.45) is 0. The number of morpholine rings is 1. The van der Waals surface area contributed by atoms with E-state index in [2.05, 4.69) is 43.9 Å². The summed E-state index contributed by atoms with van der Waals surface area (Å²) >= 11 is 0. The summed E-state index contributed by atoms with van der Waals surface area (Å²) in [5.74, 6) is 0.978. The average molecular weight is 249 g/mol. The van der Waals surface area contributed by atoms with Gasteiger partial charge in [-0.3, -0.25) is 0 Å². The lowest BCUT2D eigenvalue weighted by Gasteiger charge is -2.30. The summed E-state index contributed by atoms with van der Waals surface area (Å²) in [4.78, 5) is 2.35. The Kier molecular flexibility index (Phi) is 3.81. The molecule has 0 aromatic heterocycles. The van der Waals surface area contributed by atoms with Crippen LogP contribution >= 0.6 is 0 Å². The van der Waals surface area contributed by atoms with E-state index < -0.39 is 0 Å². The van der Waals surface area contributed by atoms with Gasteiger partial charge in [0.15, 0.2) is 0 Å². The van der Waals surface area contributed by atoms with Crippen LogP contribution in [0.5, 0.6) is 5.75 Å². The molecular weight excluding hydrogens is 226 g/mol. The summed E-state index contributed by atoms with van der Waals surface area (Å²) in [5, 5.41) is 0. The number of ether oxygens (including phenoxy) is 2. The molecule has 0 saturated carbocycles. The molecule has 0 amide bonds. The highest BCUT2D eigenvalue weighted by Crippen LogP contribution is 2.34. The maximum atomic E-state index is 5.55. The molecule has 1 heterocycles. The van der Waals surface area contributed by atoms with Crippen LogP contribution in [0.1, 0.15) is 26.3 Å². The highest BCUT2D eigenvalue weighted by Gasteiger charge is 2.20. The van der Waals surface area contributed by atoms with Crippen molar-refractivity contribution in [3.8, 4) is 5.75 Å². The summed E-state index contributed by atoms with van der Waals surface area (Å²) < 4.78 is 10.9. The number of rotatable bonds is 2. The number of benzene rings is 1. The Hall–Kier alpha value is -1.22. The van der Waals surface area contributed by atoms with Crippen molar-refractivity contribution in [2.24, 2.45) is 0 Å². The molecule has 0 N–H and O–H groups in total. The third-order valence-corrected chi connectivity index (χ3v) is 3.37. The molecule has 0 radical (unpaired) electrons. The molecular formula is C15H23NO2. The van der Waals surface area contributed by atoms with Gasteiger partial charge in [0.05, 0.1) is 20.3 Å². The van der Waals surface area contributed by atoms with Crippen LogP contribution in [-0.4, -0.2) is 33.4 Å². The first-order valence-electron chi connectivity index (χ1n) is 6.53. The first-order chi connectivity index (χ1) is 8.52. The molecule has 100 valence electrons. The van der Waals surface area contributed by atoms with Crippen molar-refractivity contribution in [1.82, 2.24) is 0 Å². The lowest BCUT2D eigenvalue weighted by Crippen LogP contribution is -2.36. The van der Waals surface area contributed by atoms with Gasteiger partial charge in [0, 0.05) is 24.8 Å². The molecule has 3 heteroatoms. The van der Waals surface area contributed by atoms with Crippen LogP contribution in [0.2, 0.25) is 0 Å². The lowest BCUT2D eigenvalue weighted by molar-refractivity contribution is 0.122. The fourth-order valence-electron chi connectivity index (χ4n) is 2.32. The maximum Gasteiger partial charge on any atom is 0.124 e. The minimum atomic E-state index is 0.106. The van der Waals surface area contributed by atoms with E-state index in [4.69, 9.17) is 9.47 Å². The Morgan fingerprint density at radius 2 is 1.83 bits per heavy atom. The standard InChI is InChI=1S/C15H23NO2/c1-15(2,3)13-6-5-12(11-14(13)17-4)16-7-9-18-10-8-16/h5-6,11H,7-10H2,1-4H3. The second kappa shape index (κ2) is 5.19. The van der Waals surface area contributed by atoms with E-state index in [1.165, 1.54) is 11.3 Å². The van der Waals surface area contributed by atoms with Gasteiger partial charge in [-0.15, -0.1) is 0 Å². The van der Waals surface area contributed by atoms with Crippen molar-refractivity contribution < 1.29 is 9.47 Å². The molecule has 0 unspecified atom stereocenters. The topological polar surface area (TPSA) is 21.7 Å². The Balaban J connectivity index is 2.29. The maximum absolute atomic E-state index is 5.55. The average Bonchev–Trinajstić information content (AvgIpc) is 2.38. The third-order valence-electron chi connectivity index (χ3n) is 3.37. The van der Waals surface area contributed by atoms with E-state index in [-0.39, 0.29) is 5.41 Å². The molecule has 0 bridgehead atoms. The van der Waals surface area contributed by atoms with E-state index in [1.807, 2.05) is 0 Å². The van der Waals surface area contributed by atoms with Crippen LogP contribution in [-0.2, 0) is 10.2 Å². The molecule has 0 atom stereocenters. The predicted molar refractivity (Wildman–Crippen MR) is 74.7 cm³/mol. The van der Waals surface area contributed by atoms with E-state index in [1.54, 1.807) is 7.11 Å². The quantitative estimate of drug-likeness (QED) is 0.804.